The molecule has 2 fully saturated rings. The Morgan fingerprint density at radius 2 is 0.922 bits per heavy atom. The Bertz CT molecular complexity index is 2230. The quantitative estimate of drug-likeness (QED) is 0.0266. The highest BCUT2D eigenvalue weighted by molar-refractivity contribution is 8.31. The number of hydrogen-bond acceptors (Lipinski definition) is 14. The van der Waals surface area contributed by atoms with Gasteiger partial charge in [-0.15, -0.1) is 4.79 Å². The number of rotatable bonds is 18. The van der Waals surface area contributed by atoms with Crippen LogP contribution >= 0.6 is 0 Å². The van der Waals surface area contributed by atoms with Crippen molar-refractivity contribution in [1.29, 1.82) is 0 Å². The van der Waals surface area contributed by atoms with Gasteiger partial charge in [0.25, 0.3) is 19.7 Å². The Morgan fingerprint density at radius 1 is 0.594 bits per heavy atom. The Labute approximate surface area is 369 Å². The lowest BCUT2D eigenvalue weighted by Gasteiger charge is -2.22. The predicted octanol–water partition coefficient (Wildman–Crippen LogP) is 7.65. The predicted molar refractivity (Wildman–Crippen MR) is 224 cm³/mol. The molecule has 0 saturated heterocycles. The first-order valence-corrected chi connectivity index (χ1v) is 26.4. The van der Waals surface area contributed by atoms with Crippen LogP contribution in [-0.2, 0) is 48.5 Å². The van der Waals surface area contributed by atoms with Gasteiger partial charge < -0.3 is 15.0 Å². The molecule has 2 aromatic rings. The van der Waals surface area contributed by atoms with E-state index < -0.39 is 101 Å². The molecule has 2 aromatic carbocycles. The second-order valence-electron chi connectivity index (χ2n) is 14.6. The Hall–Kier alpha value is -4.26. The molecule has 64 heavy (non-hydrogen) atoms. The third kappa shape index (κ3) is 16.6. The van der Waals surface area contributed by atoms with Crippen molar-refractivity contribution < 1.29 is 82.8 Å². The topological polar surface area (TPSA) is 235 Å². The zero-order valence-corrected chi connectivity index (χ0v) is 38.1. The summed E-state index contributed by atoms with van der Waals surface area (Å²) in [5, 5.41) is 4.16. The zero-order valence-electron chi connectivity index (χ0n) is 34.9. The van der Waals surface area contributed by atoms with E-state index in [1.807, 2.05) is 0 Å². The van der Waals surface area contributed by atoms with E-state index in [0.29, 0.717) is 25.7 Å². The van der Waals surface area contributed by atoms with Crippen LogP contribution in [0.2, 0.25) is 0 Å². The van der Waals surface area contributed by atoms with Crippen LogP contribution in [0.4, 0.5) is 26.3 Å². The van der Waals surface area contributed by atoms with Gasteiger partial charge in [0.2, 0.25) is 0 Å². The number of alkyl halides is 6. The summed E-state index contributed by atoms with van der Waals surface area (Å²) in [4.78, 5) is 2.72. The van der Waals surface area contributed by atoms with Crippen molar-refractivity contribution in [2.45, 2.75) is 120 Å². The SMILES string of the molecule is CCCS(=O)(=O)O/N=C(/c1ccc(OCCCOc2ccc(/C(=N/OS(=O)(=O)CCC)C(F)(F)F)cc2)cc1)C(F)(F)F.[N-]=[N+]=C(S(=O)(=O)C1CCCCC1)S(=O)(=O)C1CCCCC1. The minimum Gasteiger partial charge on any atom is -0.493 e. The van der Waals surface area contributed by atoms with Crippen molar-refractivity contribution in [3.8, 4) is 11.5 Å². The maximum Gasteiger partial charge on any atom is 0.495 e. The summed E-state index contributed by atoms with van der Waals surface area (Å²) in [7, 11) is -16.7. The van der Waals surface area contributed by atoms with Crippen LogP contribution in [0.15, 0.2) is 58.8 Å². The zero-order chi connectivity index (χ0) is 47.8. The Balaban J connectivity index is 0.000000430. The lowest BCUT2D eigenvalue weighted by Crippen LogP contribution is -2.40. The fraction of sp³-hybridized carbons (Fsp3) is 0.605. The van der Waals surface area contributed by atoms with E-state index in [4.69, 9.17) is 15.0 Å². The third-order valence-corrected chi connectivity index (χ3v) is 17.2. The normalized spacial score (nSPS) is 16.5. The molecule has 2 saturated carbocycles. The van der Waals surface area contributed by atoms with Gasteiger partial charge in [-0.2, -0.15) is 43.2 Å². The van der Waals surface area contributed by atoms with Gasteiger partial charge in [-0.3, -0.25) is 8.57 Å². The highest BCUT2D eigenvalue weighted by Crippen LogP contribution is 2.31. The van der Waals surface area contributed by atoms with E-state index in [1.165, 1.54) is 38.1 Å². The van der Waals surface area contributed by atoms with Crippen LogP contribution in [0, 0.1) is 0 Å². The van der Waals surface area contributed by atoms with Gasteiger partial charge in [0.15, 0.2) is 11.4 Å². The fourth-order valence-electron chi connectivity index (χ4n) is 6.47. The number of oxime groups is 2. The summed E-state index contributed by atoms with van der Waals surface area (Å²) in [5.74, 6) is -0.618. The first-order chi connectivity index (χ1) is 29.9. The second kappa shape index (κ2) is 23.8. The van der Waals surface area contributed by atoms with Gasteiger partial charge in [-0.25, -0.2) is 16.8 Å². The summed E-state index contributed by atoms with van der Waals surface area (Å²) in [6.07, 6.45) is -2.66. The van der Waals surface area contributed by atoms with Gasteiger partial charge in [0.05, 0.1) is 35.2 Å². The molecular formula is C38H50F6N4O12S4. The molecule has 0 unspecified atom stereocenters. The summed E-state index contributed by atoms with van der Waals surface area (Å²) in [5.41, 5.74) is 5.10. The smallest absolute Gasteiger partial charge is 0.493 e. The van der Waals surface area contributed by atoms with Crippen LogP contribution in [0.5, 0.6) is 11.5 Å². The molecule has 0 spiro atoms. The van der Waals surface area contributed by atoms with Crippen molar-refractivity contribution in [3.05, 3.63) is 65.2 Å². The van der Waals surface area contributed by atoms with Crippen LogP contribution < -0.4 is 9.47 Å². The number of ether oxygens (including phenoxy) is 2. The lowest BCUT2D eigenvalue weighted by atomic mass is 10.0. The molecular weight excluding hydrogens is 947 g/mol. The molecule has 4 rings (SSSR count). The molecule has 0 amide bonds. The van der Waals surface area contributed by atoms with Crippen LogP contribution in [0.25, 0.3) is 5.53 Å². The summed E-state index contributed by atoms with van der Waals surface area (Å²) < 4.78 is 195. The lowest BCUT2D eigenvalue weighted by molar-refractivity contribution is -0.0606. The molecule has 26 heteroatoms. The fourth-order valence-corrected chi connectivity index (χ4v) is 12.8. The van der Waals surface area contributed by atoms with Gasteiger partial charge >= 0.3 is 37.0 Å². The molecule has 360 valence electrons. The summed E-state index contributed by atoms with van der Waals surface area (Å²) in [6, 6.07) is 8.97. The Morgan fingerprint density at radius 3 is 1.20 bits per heavy atom. The van der Waals surface area contributed by atoms with Gasteiger partial charge in [-0.05, 0) is 87.1 Å². The highest BCUT2D eigenvalue weighted by atomic mass is 32.3. The monoisotopic (exact) mass is 996 g/mol. The average Bonchev–Trinajstić information content (AvgIpc) is 3.21. The Kier molecular flexibility index (Phi) is 20.1. The van der Waals surface area contributed by atoms with Gasteiger partial charge in [-0.1, -0.05) is 62.7 Å². The van der Waals surface area contributed by atoms with Crippen molar-refractivity contribution >= 4 is 55.7 Å². The molecule has 0 N–H and O–H groups in total. The van der Waals surface area contributed by atoms with Crippen LogP contribution in [-0.4, -0.2) is 102 Å². The maximum atomic E-state index is 13.4. The van der Waals surface area contributed by atoms with Crippen LogP contribution in [0.3, 0.4) is 0 Å². The number of halogens is 6. The van der Waals surface area contributed by atoms with E-state index in [0.717, 1.165) is 62.8 Å². The number of nitrogens with zero attached hydrogens (tertiary/aromatic N) is 4. The molecule has 0 aromatic heterocycles. The number of sulfone groups is 2. The third-order valence-electron chi connectivity index (χ3n) is 9.56. The van der Waals surface area contributed by atoms with Crippen LogP contribution in [0.1, 0.15) is 108 Å². The molecule has 0 aliphatic heterocycles. The standard InChI is InChI=1S/C25H28F6N2O8S2.C13H22N2O4S2/c1-3-16-42(34,35)40-32-22(24(26,27)28)18-6-10-20(11-7-18)38-14-5-15-39-21-12-8-19(9-13-21)23(25(29,30)31)33-41-43(36,37)17-4-2;14-15-13(20(16,17)11-7-3-1-4-8-11)21(18,19)12-9-5-2-6-10-12/h6-13H,3-5,14-17H2,1-2H3;11-12H,1-10H2/b32-22-,33-23-;. The minimum absolute atomic E-state index is 0.0600. The molecule has 16 nitrogen and oxygen atoms in total. The summed E-state index contributed by atoms with van der Waals surface area (Å²) >= 11 is 0. The minimum atomic E-state index is -5.00. The summed E-state index contributed by atoms with van der Waals surface area (Å²) in [6.45, 7) is 3.14. The first-order valence-electron chi connectivity index (χ1n) is 20.2. The maximum absolute atomic E-state index is 13.4. The van der Waals surface area contributed by atoms with E-state index in [2.05, 4.69) is 23.7 Å². The molecule has 0 bridgehead atoms. The van der Waals surface area contributed by atoms with E-state index in [9.17, 15) is 60.0 Å². The molecule has 0 radical (unpaired) electrons. The number of hydrogen-bond donors (Lipinski definition) is 0. The molecule has 2 aliphatic carbocycles. The average molecular weight is 997 g/mol. The van der Waals surface area contributed by atoms with Crippen molar-refractivity contribution in [2.75, 3.05) is 24.7 Å². The molecule has 0 heterocycles. The second-order valence-corrected chi connectivity index (χ2v) is 22.5. The van der Waals surface area contributed by atoms with Crippen molar-refractivity contribution in [2.24, 2.45) is 10.3 Å². The first kappa shape index (κ1) is 54.1. The molecule has 0 atom stereocenters. The van der Waals surface area contributed by atoms with E-state index in [1.54, 1.807) is 0 Å². The highest BCUT2D eigenvalue weighted by Gasteiger charge is 2.50. The largest absolute Gasteiger partial charge is 0.495 e. The van der Waals surface area contributed by atoms with E-state index >= 15 is 0 Å². The van der Waals surface area contributed by atoms with Gasteiger partial charge in [0.1, 0.15) is 11.5 Å². The van der Waals surface area contributed by atoms with E-state index in [-0.39, 0.29) is 44.0 Å². The van der Waals surface area contributed by atoms with Gasteiger partial charge in [0, 0.05) is 17.5 Å². The van der Waals surface area contributed by atoms with Crippen molar-refractivity contribution in [1.82, 2.24) is 0 Å². The molecule has 2 aliphatic rings. The number of benzene rings is 2. The van der Waals surface area contributed by atoms with Crippen molar-refractivity contribution in [3.63, 3.8) is 0 Å².